The van der Waals surface area contributed by atoms with Crippen LogP contribution in [0.4, 0.5) is 0 Å². The number of hydrogen-bond donors (Lipinski definition) is 1. The van der Waals surface area contributed by atoms with Crippen LogP contribution in [0.1, 0.15) is 36.0 Å². The Morgan fingerprint density at radius 2 is 1.83 bits per heavy atom. The van der Waals surface area contributed by atoms with Gasteiger partial charge in [-0.1, -0.05) is 18.5 Å². The lowest BCUT2D eigenvalue weighted by molar-refractivity contribution is 0.257. The first-order valence-electron chi connectivity index (χ1n) is 6.51. The van der Waals surface area contributed by atoms with E-state index in [0.717, 1.165) is 47.5 Å². The number of aliphatic hydroxyl groups is 1. The lowest BCUT2D eigenvalue weighted by Gasteiger charge is -2.20. The first-order valence-corrected chi connectivity index (χ1v) is 6.89. The molecule has 1 N–H and O–H groups in total. The summed E-state index contributed by atoms with van der Waals surface area (Å²) in [5.74, 6) is 1.84. The van der Waals surface area contributed by atoms with Crippen LogP contribution in [-0.4, -0.2) is 24.9 Å². The zero-order valence-corrected chi connectivity index (χ0v) is 11.2. The minimum Gasteiger partial charge on any atom is -0.493 e. The Kier molecular flexibility index (Phi) is 3.12. The Bertz CT molecular complexity index is 445. The standard InChI is InChI=1S/C14H17ClO3/c1-2-8(7-16)11-9-3-5-18-14(9)12(15)10-4-6-17-13(10)11/h8,16H,2-7H2,1H3. The van der Waals surface area contributed by atoms with Gasteiger partial charge in [0, 0.05) is 35.4 Å². The Hall–Kier alpha value is -0.930. The van der Waals surface area contributed by atoms with Gasteiger partial charge in [0.1, 0.15) is 11.5 Å². The van der Waals surface area contributed by atoms with E-state index in [0.29, 0.717) is 18.2 Å². The molecule has 0 aliphatic carbocycles. The molecule has 1 unspecified atom stereocenters. The molecule has 0 amide bonds. The largest absolute Gasteiger partial charge is 0.493 e. The van der Waals surface area contributed by atoms with Crippen LogP contribution in [0.25, 0.3) is 0 Å². The molecule has 1 aromatic carbocycles. The lowest BCUT2D eigenvalue weighted by atomic mass is 9.88. The molecule has 0 saturated heterocycles. The van der Waals surface area contributed by atoms with Crippen LogP contribution in [-0.2, 0) is 12.8 Å². The molecule has 0 aromatic heterocycles. The number of benzene rings is 1. The van der Waals surface area contributed by atoms with Gasteiger partial charge in [-0.25, -0.2) is 0 Å². The molecule has 0 bridgehead atoms. The third-order valence-corrected chi connectivity index (χ3v) is 4.30. The fourth-order valence-electron chi connectivity index (χ4n) is 2.94. The molecule has 3 nitrogen and oxygen atoms in total. The van der Waals surface area contributed by atoms with Gasteiger partial charge in [-0.05, 0) is 6.42 Å². The van der Waals surface area contributed by atoms with Crippen molar-refractivity contribution in [2.75, 3.05) is 19.8 Å². The second-order valence-electron chi connectivity index (χ2n) is 4.83. The van der Waals surface area contributed by atoms with Crippen molar-refractivity contribution in [3.8, 4) is 11.5 Å². The minimum atomic E-state index is 0.115. The average Bonchev–Trinajstić information content (AvgIpc) is 3.03. The van der Waals surface area contributed by atoms with Crippen molar-refractivity contribution in [3.05, 3.63) is 21.7 Å². The molecule has 1 aromatic rings. The smallest absolute Gasteiger partial charge is 0.142 e. The molecule has 2 aliphatic heterocycles. The highest BCUT2D eigenvalue weighted by Crippen LogP contribution is 2.49. The molecule has 4 heteroatoms. The fraction of sp³-hybridized carbons (Fsp3) is 0.571. The van der Waals surface area contributed by atoms with Crippen molar-refractivity contribution in [1.82, 2.24) is 0 Å². The van der Waals surface area contributed by atoms with Gasteiger partial charge in [-0.2, -0.15) is 0 Å². The molecule has 2 heterocycles. The summed E-state index contributed by atoms with van der Waals surface area (Å²) in [5, 5.41) is 10.3. The third kappa shape index (κ3) is 1.61. The van der Waals surface area contributed by atoms with Crippen LogP contribution in [0.15, 0.2) is 0 Å². The molecule has 0 radical (unpaired) electrons. The van der Waals surface area contributed by atoms with Gasteiger partial charge in [0.15, 0.2) is 0 Å². The van der Waals surface area contributed by atoms with Gasteiger partial charge < -0.3 is 14.6 Å². The summed E-state index contributed by atoms with van der Waals surface area (Å²) >= 11 is 6.40. The zero-order valence-electron chi connectivity index (χ0n) is 10.5. The van der Waals surface area contributed by atoms with Crippen LogP contribution < -0.4 is 9.47 Å². The van der Waals surface area contributed by atoms with Crippen LogP contribution in [0.5, 0.6) is 11.5 Å². The molecule has 2 aliphatic rings. The lowest BCUT2D eigenvalue weighted by Crippen LogP contribution is -2.08. The van der Waals surface area contributed by atoms with Crippen molar-refractivity contribution in [3.63, 3.8) is 0 Å². The van der Waals surface area contributed by atoms with Crippen LogP contribution >= 0.6 is 11.6 Å². The first kappa shape index (κ1) is 12.1. The molecule has 18 heavy (non-hydrogen) atoms. The molecular weight excluding hydrogens is 252 g/mol. The van der Waals surface area contributed by atoms with E-state index in [1.807, 2.05) is 0 Å². The normalized spacial score (nSPS) is 17.9. The molecule has 0 spiro atoms. The highest BCUT2D eigenvalue weighted by atomic mass is 35.5. The maximum atomic E-state index is 9.58. The van der Waals surface area contributed by atoms with E-state index in [1.54, 1.807) is 0 Å². The first-order chi connectivity index (χ1) is 8.77. The summed E-state index contributed by atoms with van der Waals surface area (Å²) < 4.78 is 11.4. The van der Waals surface area contributed by atoms with Crippen LogP contribution in [0.2, 0.25) is 5.02 Å². The molecule has 1 atom stereocenters. The topological polar surface area (TPSA) is 38.7 Å². The van der Waals surface area contributed by atoms with E-state index in [9.17, 15) is 5.11 Å². The van der Waals surface area contributed by atoms with E-state index in [-0.39, 0.29) is 12.5 Å². The summed E-state index contributed by atoms with van der Waals surface area (Å²) in [5.41, 5.74) is 3.32. The molecule has 0 saturated carbocycles. The van der Waals surface area contributed by atoms with E-state index in [2.05, 4.69) is 6.92 Å². The van der Waals surface area contributed by atoms with Crippen LogP contribution in [0, 0.1) is 0 Å². The summed E-state index contributed by atoms with van der Waals surface area (Å²) in [6.45, 7) is 3.57. The maximum absolute atomic E-state index is 9.58. The van der Waals surface area contributed by atoms with Gasteiger partial charge in [0.2, 0.25) is 0 Å². The third-order valence-electron chi connectivity index (χ3n) is 3.90. The quantitative estimate of drug-likeness (QED) is 0.916. The van der Waals surface area contributed by atoms with E-state index in [4.69, 9.17) is 21.1 Å². The Morgan fingerprint density at radius 3 is 2.50 bits per heavy atom. The Balaban J connectivity index is 2.24. The number of hydrogen-bond acceptors (Lipinski definition) is 3. The second kappa shape index (κ2) is 4.63. The number of fused-ring (bicyclic) bond motifs is 2. The summed E-state index contributed by atoms with van der Waals surface area (Å²) in [6, 6.07) is 0. The zero-order chi connectivity index (χ0) is 12.7. The van der Waals surface area contributed by atoms with Crippen LogP contribution in [0.3, 0.4) is 0 Å². The number of aliphatic hydroxyl groups excluding tert-OH is 1. The van der Waals surface area contributed by atoms with Crippen molar-refractivity contribution < 1.29 is 14.6 Å². The van der Waals surface area contributed by atoms with Gasteiger partial charge in [0.25, 0.3) is 0 Å². The predicted molar refractivity (Wildman–Crippen MR) is 70.0 cm³/mol. The highest BCUT2D eigenvalue weighted by Gasteiger charge is 2.33. The highest BCUT2D eigenvalue weighted by molar-refractivity contribution is 6.33. The molecule has 98 valence electrons. The number of rotatable bonds is 3. The minimum absolute atomic E-state index is 0.115. The van der Waals surface area contributed by atoms with Gasteiger partial charge in [0.05, 0.1) is 24.8 Å². The SMILES string of the molecule is CCC(CO)c1c2c(c(Cl)c3c1OCC3)OCC2. The van der Waals surface area contributed by atoms with Gasteiger partial charge in [-0.15, -0.1) is 0 Å². The summed E-state index contributed by atoms with van der Waals surface area (Å²) in [7, 11) is 0. The van der Waals surface area contributed by atoms with Crippen molar-refractivity contribution in [2.24, 2.45) is 0 Å². The number of ether oxygens (including phenoxy) is 2. The molecule has 0 fully saturated rings. The van der Waals surface area contributed by atoms with Crippen molar-refractivity contribution >= 4 is 11.6 Å². The predicted octanol–water partition coefficient (Wildman–Crippen LogP) is 2.70. The molecule has 3 rings (SSSR count). The molecular formula is C14H17ClO3. The van der Waals surface area contributed by atoms with Gasteiger partial charge in [-0.3, -0.25) is 0 Å². The fourth-order valence-corrected chi connectivity index (χ4v) is 3.29. The maximum Gasteiger partial charge on any atom is 0.142 e. The summed E-state index contributed by atoms with van der Waals surface area (Å²) in [4.78, 5) is 0. The second-order valence-corrected chi connectivity index (χ2v) is 5.21. The number of halogens is 1. The van der Waals surface area contributed by atoms with Crippen molar-refractivity contribution in [1.29, 1.82) is 0 Å². The summed E-state index contributed by atoms with van der Waals surface area (Å²) in [6.07, 6.45) is 2.58. The van der Waals surface area contributed by atoms with Crippen molar-refractivity contribution in [2.45, 2.75) is 32.1 Å². The average molecular weight is 269 g/mol. The Morgan fingerprint density at radius 1 is 1.17 bits per heavy atom. The van der Waals surface area contributed by atoms with E-state index in [1.165, 1.54) is 0 Å². The van der Waals surface area contributed by atoms with E-state index >= 15 is 0 Å². The van der Waals surface area contributed by atoms with E-state index < -0.39 is 0 Å². The Labute approximate surface area is 112 Å². The van der Waals surface area contributed by atoms with Gasteiger partial charge >= 0.3 is 0 Å². The monoisotopic (exact) mass is 268 g/mol.